The van der Waals surface area contributed by atoms with Crippen LogP contribution in [-0.2, 0) is 9.59 Å². The third-order valence-electron chi connectivity index (χ3n) is 1.82. The van der Waals surface area contributed by atoms with Crippen molar-refractivity contribution in [3.8, 4) is 0 Å². The number of carboxylic acid groups (broad SMARTS) is 1. The zero-order chi connectivity index (χ0) is 9.84. The topological polar surface area (TPSA) is 57.6 Å². The van der Waals surface area contributed by atoms with E-state index in [-0.39, 0.29) is 5.91 Å². The fourth-order valence-electron chi connectivity index (χ4n) is 1.15. The largest absolute Gasteiger partial charge is 0.480 e. The highest BCUT2D eigenvalue weighted by molar-refractivity contribution is 8.02. The maximum atomic E-state index is 11.3. The van der Waals surface area contributed by atoms with E-state index in [0.29, 0.717) is 12.2 Å². The molecule has 0 saturated heterocycles. The molecule has 1 rings (SSSR count). The molecule has 0 aliphatic carbocycles. The Hall–Kier alpha value is -0.970. The Morgan fingerprint density at radius 1 is 1.85 bits per heavy atom. The predicted molar refractivity (Wildman–Crippen MR) is 50.2 cm³/mol. The number of nitrogens with zero attached hydrogens (tertiary/aromatic N) is 1. The smallest absolute Gasteiger partial charge is 0.326 e. The number of hydrogen-bond donors (Lipinski definition) is 1. The van der Waals surface area contributed by atoms with E-state index in [1.807, 2.05) is 0 Å². The standard InChI is InChI=1S/C8H11NO3S/c1-2-6(8(11)12)9-3-4-13-5-7(9)10/h3-4,6H,2,5H2,1H3,(H,11,12). The number of thioether (sulfide) groups is 1. The molecular weight excluding hydrogens is 190 g/mol. The van der Waals surface area contributed by atoms with E-state index in [4.69, 9.17) is 5.11 Å². The third-order valence-corrected chi connectivity index (χ3v) is 2.55. The fourth-order valence-corrected chi connectivity index (χ4v) is 1.76. The van der Waals surface area contributed by atoms with Gasteiger partial charge in [0.25, 0.3) is 0 Å². The van der Waals surface area contributed by atoms with Gasteiger partial charge in [-0.3, -0.25) is 4.79 Å². The lowest BCUT2D eigenvalue weighted by Crippen LogP contribution is -2.43. The Morgan fingerprint density at radius 3 is 3.00 bits per heavy atom. The number of carbonyl (C=O) groups excluding carboxylic acids is 1. The van der Waals surface area contributed by atoms with Crippen LogP contribution in [0.1, 0.15) is 13.3 Å². The summed E-state index contributed by atoms with van der Waals surface area (Å²) in [7, 11) is 0. The van der Waals surface area contributed by atoms with Crippen molar-refractivity contribution >= 4 is 23.6 Å². The second-order valence-corrected chi connectivity index (χ2v) is 3.55. The second-order valence-electron chi connectivity index (χ2n) is 2.66. The van der Waals surface area contributed by atoms with Gasteiger partial charge < -0.3 is 10.0 Å². The van der Waals surface area contributed by atoms with E-state index < -0.39 is 12.0 Å². The minimum Gasteiger partial charge on any atom is -0.480 e. The van der Waals surface area contributed by atoms with Crippen LogP contribution in [0.3, 0.4) is 0 Å². The first-order chi connectivity index (χ1) is 6.16. The summed E-state index contributed by atoms with van der Waals surface area (Å²) in [5.41, 5.74) is 0. The molecule has 72 valence electrons. The van der Waals surface area contributed by atoms with Crippen LogP contribution in [0.15, 0.2) is 11.6 Å². The molecule has 0 saturated carbocycles. The summed E-state index contributed by atoms with van der Waals surface area (Å²) in [6.07, 6.45) is 1.97. The van der Waals surface area contributed by atoms with Gasteiger partial charge in [0.2, 0.25) is 5.91 Å². The van der Waals surface area contributed by atoms with Crippen molar-refractivity contribution in [3.63, 3.8) is 0 Å². The summed E-state index contributed by atoms with van der Waals surface area (Å²) in [5.74, 6) is -0.755. The van der Waals surface area contributed by atoms with Gasteiger partial charge in [-0.05, 0) is 11.8 Å². The molecule has 0 radical (unpaired) electrons. The molecule has 1 aliphatic heterocycles. The molecule has 0 spiro atoms. The first-order valence-electron chi connectivity index (χ1n) is 3.99. The van der Waals surface area contributed by atoms with E-state index in [1.165, 1.54) is 16.7 Å². The van der Waals surface area contributed by atoms with Crippen molar-refractivity contribution in [3.05, 3.63) is 11.6 Å². The van der Waals surface area contributed by atoms with E-state index >= 15 is 0 Å². The molecule has 4 nitrogen and oxygen atoms in total. The van der Waals surface area contributed by atoms with E-state index in [9.17, 15) is 9.59 Å². The van der Waals surface area contributed by atoms with Crippen LogP contribution in [-0.4, -0.2) is 33.7 Å². The van der Waals surface area contributed by atoms with Crippen LogP contribution < -0.4 is 0 Å². The molecule has 0 bridgehead atoms. The molecule has 1 N–H and O–H groups in total. The Kier molecular flexibility index (Phi) is 3.36. The van der Waals surface area contributed by atoms with Gasteiger partial charge >= 0.3 is 5.97 Å². The molecule has 13 heavy (non-hydrogen) atoms. The first kappa shape index (κ1) is 10.1. The highest BCUT2D eigenvalue weighted by Crippen LogP contribution is 2.16. The van der Waals surface area contributed by atoms with E-state index in [1.54, 1.807) is 18.5 Å². The number of hydrogen-bond acceptors (Lipinski definition) is 3. The zero-order valence-corrected chi connectivity index (χ0v) is 8.08. The van der Waals surface area contributed by atoms with Crippen molar-refractivity contribution in [2.24, 2.45) is 0 Å². The molecule has 1 unspecified atom stereocenters. The zero-order valence-electron chi connectivity index (χ0n) is 7.27. The summed E-state index contributed by atoms with van der Waals surface area (Å²) in [5, 5.41) is 10.6. The highest BCUT2D eigenvalue weighted by Gasteiger charge is 2.27. The molecular formula is C8H11NO3S. The summed E-state index contributed by atoms with van der Waals surface area (Å²) < 4.78 is 0. The van der Waals surface area contributed by atoms with Gasteiger partial charge in [-0.2, -0.15) is 0 Å². The lowest BCUT2D eigenvalue weighted by Gasteiger charge is -2.26. The Bertz CT molecular complexity index is 252. The molecule has 1 heterocycles. The van der Waals surface area contributed by atoms with Gasteiger partial charge in [-0.25, -0.2) is 4.79 Å². The molecule has 0 fully saturated rings. The second kappa shape index (κ2) is 4.32. The van der Waals surface area contributed by atoms with Gasteiger partial charge in [0.1, 0.15) is 6.04 Å². The molecule has 1 aliphatic rings. The number of rotatable bonds is 3. The molecule has 5 heteroatoms. The SMILES string of the molecule is CCC(C(=O)O)N1C=CSCC1=O. The van der Waals surface area contributed by atoms with Crippen LogP contribution in [0, 0.1) is 0 Å². The van der Waals surface area contributed by atoms with Gasteiger partial charge in [0, 0.05) is 6.20 Å². The van der Waals surface area contributed by atoms with Crippen molar-refractivity contribution in [2.45, 2.75) is 19.4 Å². The fraction of sp³-hybridized carbons (Fsp3) is 0.500. The van der Waals surface area contributed by atoms with Gasteiger partial charge in [-0.1, -0.05) is 6.92 Å². The Morgan fingerprint density at radius 2 is 2.54 bits per heavy atom. The van der Waals surface area contributed by atoms with Crippen LogP contribution in [0.2, 0.25) is 0 Å². The van der Waals surface area contributed by atoms with E-state index in [2.05, 4.69) is 0 Å². The quantitative estimate of drug-likeness (QED) is 0.737. The summed E-state index contributed by atoms with van der Waals surface area (Å²) in [6, 6.07) is -0.718. The van der Waals surface area contributed by atoms with Crippen LogP contribution >= 0.6 is 11.8 Å². The number of carbonyl (C=O) groups is 2. The lowest BCUT2D eigenvalue weighted by molar-refractivity contribution is -0.147. The van der Waals surface area contributed by atoms with Gasteiger partial charge in [0.15, 0.2) is 0 Å². The normalized spacial score (nSPS) is 18.8. The maximum absolute atomic E-state index is 11.3. The van der Waals surface area contributed by atoms with Crippen LogP contribution in [0.4, 0.5) is 0 Å². The number of amides is 1. The molecule has 0 aromatic carbocycles. The average molecular weight is 201 g/mol. The van der Waals surface area contributed by atoms with Crippen molar-refractivity contribution in [2.75, 3.05) is 5.75 Å². The molecule has 0 aromatic heterocycles. The van der Waals surface area contributed by atoms with Crippen molar-refractivity contribution in [1.82, 2.24) is 4.90 Å². The lowest BCUT2D eigenvalue weighted by atomic mass is 10.2. The van der Waals surface area contributed by atoms with Crippen LogP contribution in [0.25, 0.3) is 0 Å². The highest BCUT2D eigenvalue weighted by atomic mass is 32.2. The predicted octanol–water partition coefficient (Wildman–Crippen LogP) is 0.896. The summed E-state index contributed by atoms with van der Waals surface area (Å²) >= 11 is 1.38. The minimum atomic E-state index is -0.951. The molecule has 1 amide bonds. The summed E-state index contributed by atoms with van der Waals surface area (Å²) in [6.45, 7) is 1.75. The maximum Gasteiger partial charge on any atom is 0.326 e. The minimum absolute atomic E-state index is 0.137. The third kappa shape index (κ3) is 2.24. The van der Waals surface area contributed by atoms with E-state index in [0.717, 1.165) is 0 Å². The number of aliphatic carboxylic acids is 1. The monoisotopic (exact) mass is 201 g/mol. The molecule has 1 atom stereocenters. The Balaban J connectivity index is 2.77. The van der Waals surface area contributed by atoms with Crippen molar-refractivity contribution in [1.29, 1.82) is 0 Å². The number of carboxylic acids is 1. The van der Waals surface area contributed by atoms with Gasteiger partial charge in [0.05, 0.1) is 5.75 Å². The first-order valence-corrected chi connectivity index (χ1v) is 5.04. The molecule has 0 aromatic rings. The van der Waals surface area contributed by atoms with Crippen molar-refractivity contribution < 1.29 is 14.7 Å². The van der Waals surface area contributed by atoms with Gasteiger partial charge in [-0.15, -0.1) is 11.8 Å². The Labute approximate surface area is 80.6 Å². The van der Waals surface area contributed by atoms with Crippen LogP contribution in [0.5, 0.6) is 0 Å². The summed E-state index contributed by atoms with van der Waals surface area (Å²) in [4.78, 5) is 23.3. The average Bonchev–Trinajstić information content (AvgIpc) is 2.09.